The van der Waals surface area contributed by atoms with Crippen LogP contribution in [0.3, 0.4) is 0 Å². The number of aromatic nitrogens is 1. The topological polar surface area (TPSA) is 59.4 Å². The van der Waals surface area contributed by atoms with Crippen molar-refractivity contribution in [1.82, 2.24) is 4.98 Å². The molecule has 0 spiro atoms. The smallest absolute Gasteiger partial charge is 0.419 e. The number of ether oxygens (including phenoxy) is 1. The maximum atomic E-state index is 12.8. The van der Waals surface area contributed by atoms with Crippen molar-refractivity contribution < 1.29 is 27.8 Å². The summed E-state index contributed by atoms with van der Waals surface area (Å²) in [4.78, 5) is 14.3. The van der Waals surface area contributed by atoms with Crippen molar-refractivity contribution >= 4 is 17.6 Å². The minimum atomic E-state index is -4.59. The molecule has 2 rings (SSSR count). The lowest BCUT2D eigenvalue weighted by atomic mass is 10.2. The second kappa shape index (κ2) is 5.61. The first kappa shape index (κ1) is 15.1. The average Bonchev–Trinajstić information content (AvgIpc) is 2.40. The maximum absolute atomic E-state index is 12.8. The highest BCUT2D eigenvalue weighted by Crippen LogP contribution is 2.38. The second-order valence-corrected chi connectivity index (χ2v) is 4.32. The summed E-state index contributed by atoms with van der Waals surface area (Å²) >= 11 is 5.76. The highest BCUT2D eigenvalue weighted by atomic mass is 35.5. The van der Waals surface area contributed by atoms with Crippen LogP contribution in [0.25, 0.3) is 0 Å². The molecule has 1 aromatic heterocycles. The fourth-order valence-corrected chi connectivity index (χ4v) is 1.72. The highest BCUT2D eigenvalue weighted by molar-refractivity contribution is 6.32. The van der Waals surface area contributed by atoms with Gasteiger partial charge < -0.3 is 9.84 Å². The van der Waals surface area contributed by atoms with E-state index in [9.17, 15) is 18.0 Å². The average molecular weight is 318 g/mol. The third-order valence-electron chi connectivity index (χ3n) is 2.45. The Morgan fingerprint density at radius 2 is 1.95 bits per heavy atom. The van der Waals surface area contributed by atoms with Crippen LogP contribution in [0.15, 0.2) is 36.5 Å². The van der Waals surface area contributed by atoms with Crippen LogP contribution in [0.5, 0.6) is 11.6 Å². The first-order chi connectivity index (χ1) is 9.79. The Hall–Kier alpha value is -2.28. The van der Waals surface area contributed by atoms with Crippen molar-refractivity contribution in [2.45, 2.75) is 6.18 Å². The Bertz CT molecular complexity index is 689. The third kappa shape index (κ3) is 3.43. The van der Waals surface area contributed by atoms with Crippen LogP contribution >= 0.6 is 11.6 Å². The summed E-state index contributed by atoms with van der Waals surface area (Å²) in [5.41, 5.74) is -1.18. The van der Waals surface area contributed by atoms with Crippen LogP contribution in [-0.2, 0) is 6.18 Å². The lowest BCUT2D eigenvalue weighted by Gasteiger charge is -2.13. The Morgan fingerprint density at radius 1 is 1.29 bits per heavy atom. The molecule has 0 aliphatic carbocycles. The summed E-state index contributed by atoms with van der Waals surface area (Å²) in [6.07, 6.45) is -3.65. The van der Waals surface area contributed by atoms with E-state index in [4.69, 9.17) is 21.4 Å². The van der Waals surface area contributed by atoms with Gasteiger partial charge in [0.15, 0.2) is 0 Å². The molecule has 0 saturated heterocycles. The highest BCUT2D eigenvalue weighted by Gasteiger charge is 2.34. The van der Waals surface area contributed by atoms with E-state index in [1.165, 1.54) is 12.1 Å². The number of nitrogens with zero attached hydrogens (tertiary/aromatic N) is 1. The number of hydrogen-bond donors (Lipinski definition) is 1. The Balaban J connectivity index is 2.38. The van der Waals surface area contributed by atoms with Gasteiger partial charge in [-0.3, -0.25) is 0 Å². The van der Waals surface area contributed by atoms with Gasteiger partial charge in [-0.15, -0.1) is 0 Å². The Morgan fingerprint density at radius 3 is 2.52 bits per heavy atom. The van der Waals surface area contributed by atoms with E-state index in [-0.39, 0.29) is 16.5 Å². The van der Waals surface area contributed by atoms with E-state index in [0.29, 0.717) is 0 Å². The van der Waals surface area contributed by atoms with E-state index < -0.39 is 23.5 Å². The monoisotopic (exact) mass is 317 g/mol. The summed E-state index contributed by atoms with van der Waals surface area (Å²) in [6, 6.07) is 5.60. The van der Waals surface area contributed by atoms with Crippen LogP contribution in [-0.4, -0.2) is 16.1 Å². The third-order valence-corrected chi connectivity index (χ3v) is 2.72. The number of carboxylic acids is 1. The Kier molecular flexibility index (Phi) is 4.04. The summed E-state index contributed by atoms with van der Waals surface area (Å²) in [6.45, 7) is 0. The van der Waals surface area contributed by atoms with Gasteiger partial charge in [-0.25, -0.2) is 9.78 Å². The van der Waals surface area contributed by atoms with E-state index in [2.05, 4.69) is 4.98 Å². The lowest BCUT2D eigenvalue weighted by Crippen LogP contribution is -2.07. The van der Waals surface area contributed by atoms with Crippen LogP contribution in [0.1, 0.15) is 15.9 Å². The zero-order chi connectivity index (χ0) is 15.6. The van der Waals surface area contributed by atoms with Crippen molar-refractivity contribution in [1.29, 1.82) is 0 Å². The quantitative estimate of drug-likeness (QED) is 0.919. The number of aromatic carboxylic acids is 1. The van der Waals surface area contributed by atoms with Gasteiger partial charge in [0.05, 0.1) is 11.1 Å². The number of hydrogen-bond acceptors (Lipinski definition) is 3. The molecule has 110 valence electrons. The van der Waals surface area contributed by atoms with E-state index in [0.717, 1.165) is 24.4 Å². The standard InChI is InChI=1S/C13H7ClF3NO3/c14-9-5-7(12(19)20)6-18-11(9)21-10-4-2-1-3-8(10)13(15,16)17/h1-6H,(H,19,20). The van der Waals surface area contributed by atoms with Gasteiger partial charge in [0, 0.05) is 6.20 Å². The molecule has 8 heteroatoms. The summed E-state index contributed by atoms with van der Waals surface area (Å²) in [7, 11) is 0. The number of carbonyl (C=O) groups is 1. The number of benzene rings is 1. The number of carboxylic acid groups (broad SMARTS) is 1. The van der Waals surface area contributed by atoms with Crippen LogP contribution in [0, 0.1) is 0 Å². The minimum absolute atomic E-state index is 0.198. The number of alkyl halides is 3. The Labute approximate surface area is 121 Å². The number of para-hydroxylation sites is 1. The molecule has 0 saturated carbocycles. The molecule has 1 heterocycles. The van der Waals surface area contributed by atoms with E-state index in [1.54, 1.807) is 0 Å². The van der Waals surface area contributed by atoms with Gasteiger partial charge in [-0.2, -0.15) is 13.2 Å². The van der Waals surface area contributed by atoms with Gasteiger partial charge in [0.2, 0.25) is 5.88 Å². The normalized spacial score (nSPS) is 11.2. The summed E-state index contributed by atoms with van der Waals surface area (Å²) < 4.78 is 43.5. The summed E-state index contributed by atoms with van der Waals surface area (Å²) in [5.74, 6) is -2.03. The molecule has 0 fully saturated rings. The van der Waals surface area contributed by atoms with Crippen LogP contribution in [0.4, 0.5) is 13.2 Å². The van der Waals surface area contributed by atoms with Crippen molar-refractivity contribution in [3.63, 3.8) is 0 Å². The van der Waals surface area contributed by atoms with E-state index in [1.807, 2.05) is 0 Å². The zero-order valence-electron chi connectivity index (χ0n) is 10.2. The molecule has 2 aromatic rings. The minimum Gasteiger partial charge on any atom is -0.478 e. The van der Waals surface area contributed by atoms with Gasteiger partial charge in [-0.1, -0.05) is 23.7 Å². The van der Waals surface area contributed by atoms with Crippen molar-refractivity contribution in [2.75, 3.05) is 0 Å². The predicted octanol–water partition coefficient (Wildman–Crippen LogP) is 4.24. The van der Waals surface area contributed by atoms with Crippen LogP contribution < -0.4 is 4.74 Å². The molecular formula is C13H7ClF3NO3. The first-order valence-electron chi connectivity index (χ1n) is 5.52. The van der Waals surface area contributed by atoms with Crippen molar-refractivity contribution in [3.05, 3.63) is 52.7 Å². The predicted molar refractivity (Wildman–Crippen MR) is 67.7 cm³/mol. The molecule has 0 aliphatic heterocycles. The SMILES string of the molecule is O=C(O)c1cnc(Oc2ccccc2C(F)(F)F)c(Cl)c1. The summed E-state index contributed by atoms with van der Waals surface area (Å²) in [5, 5.41) is 8.55. The molecule has 0 radical (unpaired) electrons. The van der Waals surface area contributed by atoms with Gasteiger partial charge in [0.1, 0.15) is 10.8 Å². The molecule has 0 amide bonds. The molecule has 0 atom stereocenters. The van der Waals surface area contributed by atoms with Gasteiger partial charge in [0.25, 0.3) is 0 Å². The van der Waals surface area contributed by atoms with Crippen molar-refractivity contribution in [3.8, 4) is 11.6 Å². The van der Waals surface area contributed by atoms with Crippen LogP contribution in [0.2, 0.25) is 5.02 Å². The molecule has 1 N–H and O–H groups in total. The molecule has 0 unspecified atom stereocenters. The number of halogens is 4. The number of pyridine rings is 1. The fraction of sp³-hybridized carbons (Fsp3) is 0.0769. The largest absolute Gasteiger partial charge is 0.478 e. The molecule has 1 aromatic carbocycles. The molecular weight excluding hydrogens is 311 g/mol. The fourth-order valence-electron chi connectivity index (χ4n) is 1.51. The molecule has 21 heavy (non-hydrogen) atoms. The van der Waals surface area contributed by atoms with Crippen molar-refractivity contribution in [2.24, 2.45) is 0 Å². The van der Waals surface area contributed by atoms with Gasteiger partial charge >= 0.3 is 12.1 Å². The second-order valence-electron chi connectivity index (χ2n) is 3.91. The molecule has 0 bridgehead atoms. The maximum Gasteiger partial charge on any atom is 0.419 e. The molecule has 0 aliphatic rings. The lowest BCUT2D eigenvalue weighted by molar-refractivity contribution is -0.138. The zero-order valence-corrected chi connectivity index (χ0v) is 10.9. The van der Waals surface area contributed by atoms with E-state index >= 15 is 0 Å². The van der Waals surface area contributed by atoms with Gasteiger partial charge in [-0.05, 0) is 18.2 Å². The number of rotatable bonds is 3. The first-order valence-corrected chi connectivity index (χ1v) is 5.90. The molecule has 4 nitrogen and oxygen atoms in total.